The molecule has 0 spiro atoms. The molecular weight excluding hydrogens is 655 g/mol. The van der Waals surface area contributed by atoms with Gasteiger partial charge in [-0.05, 0) is 57.1 Å². The third kappa shape index (κ3) is 13.7. The number of hydrogen-bond acceptors (Lipinski definition) is 8. The molecule has 0 unspecified atom stereocenters. The number of aliphatic hydroxyl groups excluding tert-OH is 1. The number of aryl methyl sites for hydroxylation is 1. The molecule has 1 fully saturated rings. The minimum absolute atomic E-state index is 0.0442. The number of thiazole rings is 1. The number of rotatable bonds is 17. The molecule has 50 heavy (non-hydrogen) atoms. The van der Waals surface area contributed by atoms with Gasteiger partial charge in [0.2, 0.25) is 17.7 Å². The highest BCUT2D eigenvalue weighted by atomic mass is 32.1. The molecule has 1 aromatic heterocycles. The van der Waals surface area contributed by atoms with Gasteiger partial charge in [-0.1, -0.05) is 83.6 Å². The number of unbranched alkanes of at least 4 members (excludes halogenated alkanes) is 7. The number of β-amino-alcohol motifs (C(OH)–C–C–N with tert-alkyl or cyclic N) is 1. The van der Waals surface area contributed by atoms with Crippen molar-refractivity contribution in [3.05, 3.63) is 41.0 Å². The van der Waals surface area contributed by atoms with Crippen molar-refractivity contribution in [1.29, 1.82) is 0 Å². The Morgan fingerprint density at radius 1 is 0.940 bits per heavy atom. The smallest absolute Gasteiger partial charge is 0.407 e. The zero-order chi connectivity index (χ0) is 36.9. The van der Waals surface area contributed by atoms with Gasteiger partial charge in [-0.2, -0.15) is 0 Å². The van der Waals surface area contributed by atoms with Crippen LogP contribution in [0.4, 0.5) is 4.79 Å². The van der Waals surface area contributed by atoms with E-state index in [-0.39, 0.29) is 36.8 Å². The summed E-state index contributed by atoms with van der Waals surface area (Å²) in [6, 6.07) is 6.29. The summed E-state index contributed by atoms with van der Waals surface area (Å²) in [5.41, 5.74) is 3.71. The topological polar surface area (TPSA) is 150 Å². The predicted octanol–water partition coefficient (Wildman–Crippen LogP) is 6.26. The Bertz CT molecular complexity index is 1400. The molecule has 0 bridgehead atoms. The van der Waals surface area contributed by atoms with Crippen LogP contribution in [0.15, 0.2) is 29.8 Å². The number of nitrogens with one attached hydrogen (secondary N) is 3. The number of alkyl carbamates (subject to hydrolysis) is 1. The Hall–Kier alpha value is -3.51. The zero-order valence-electron chi connectivity index (χ0n) is 31.1. The lowest BCUT2D eigenvalue weighted by Crippen LogP contribution is -2.57. The molecule has 1 aromatic carbocycles. The van der Waals surface area contributed by atoms with E-state index in [1.165, 1.54) is 4.90 Å². The lowest BCUT2D eigenvalue weighted by Gasteiger charge is -2.35. The summed E-state index contributed by atoms with van der Waals surface area (Å²) >= 11 is 1.59. The van der Waals surface area contributed by atoms with Crippen LogP contribution in [-0.4, -0.2) is 75.7 Å². The van der Waals surface area contributed by atoms with Gasteiger partial charge in [0.05, 0.1) is 22.2 Å². The minimum atomic E-state index is -0.830. The molecule has 4 amide bonds. The fourth-order valence-corrected chi connectivity index (χ4v) is 6.80. The quantitative estimate of drug-likeness (QED) is 0.141. The average molecular weight is 714 g/mol. The summed E-state index contributed by atoms with van der Waals surface area (Å²) < 4.78 is 5.24. The molecule has 0 aliphatic carbocycles. The van der Waals surface area contributed by atoms with E-state index in [4.69, 9.17) is 4.74 Å². The maximum atomic E-state index is 13.9. The number of likely N-dealkylation sites (tertiary alicyclic amines) is 1. The first-order valence-corrected chi connectivity index (χ1v) is 18.9. The molecule has 11 nitrogen and oxygen atoms in total. The summed E-state index contributed by atoms with van der Waals surface area (Å²) in [4.78, 5) is 58.7. The Kier molecular flexibility index (Phi) is 15.7. The van der Waals surface area contributed by atoms with Crippen LogP contribution in [0, 0.1) is 12.3 Å². The Balaban J connectivity index is 1.39. The monoisotopic (exact) mass is 713 g/mol. The van der Waals surface area contributed by atoms with E-state index in [2.05, 4.69) is 20.9 Å². The van der Waals surface area contributed by atoms with Gasteiger partial charge in [-0.3, -0.25) is 14.4 Å². The van der Waals surface area contributed by atoms with Gasteiger partial charge in [-0.25, -0.2) is 9.78 Å². The number of aromatic nitrogens is 1. The van der Waals surface area contributed by atoms with Gasteiger partial charge in [0.15, 0.2) is 0 Å². The first kappa shape index (κ1) is 40.9. The number of carbonyl (C=O) groups is 4. The fourth-order valence-electron chi connectivity index (χ4n) is 5.99. The molecule has 1 aliphatic rings. The largest absolute Gasteiger partial charge is 0.444 e. The lowest BCUT2D eigenvalue weighted by molar-refractivity contribution is -0.144. The van der Waals surface area contributed by atoms with Crippen LogP contribution in [-0.2, 0) is 25.7 Å². The minimum Gasteiger partial charge on any atom is -0.444 e. The summed E-state index contributed by atoms with van der Waals surface area (Å²) in [5.74, 6) is -0.865. The highest BCUT2D eigenvalue weighted by Crippen LogP contribution is 2.28. The van der Waals surface area contributed by atoms with Crippen LogP contribution < -0.4 is 16.0 Å². The molecule has 3 atom stereocenters. The van der Waals surface area contributed by atoms with E-state index < -0.39 is 29.2 Å². The van der Waals surface area contributed by atoms with Crippen molar-refractivity contribution in [3.63, 3.8) is 0 Å². The summed E-state index contributed by atoms with van der Waals surface area (Å²) in [6.45, 7) is 14.1. The summed E-state index contributed by atoms with van der Waals surface area (Å²) in [5, 5.41) is 19.2. The second-order valence-corrected chi connectivity index (χ2v) is 16.3. The average Bonchev–Trinajstić information content (AvgIpc) is 3.65. The van der Waals surface area contributed by atoms with Gasteiger partial charge >= 0.3 is 6.09 Å². The molecule has 278 valence electrons. The van der Waals surface area contributed by atoms with Crippen molar-refractivity contribution < 1.29 is 29.0 Å². The molecule has 2 aromatic rings. The molecular formula is C38H59N5O6S. The third-order valence-electron chi connectivity index (χ3n) is 8.71. The second-order valence-electron chi connectivity index (χ2n) is 15.5. The van der Waals surface area contributed by atoms with Crippen LogP contribution in [0.1, 0.15) is 117 Å². The van der Waals surface area contributed by atoms with Crippen molar-refractivity contribution in [2.75, 3.05) is 13.1 Å². The molecule has 3 rings (SSSR count). The molecule has 4 N–H and O–H groups in total. The Labute approximate surface area is 302 Å². The molecule has 1 aliphatic heterocycles. The van der Waals surface area contributed by atoms with E-state index in [0.717, 1.165) is 73.1 Å². The molecule has 1 saturated heterocycles. The fraction of sp³-hybridized carbons (Fsp3) is 0.658. The molecule has 0 radical (unpaired) electrons. The van der Waals surface area contributed by atoms with Crippen LogP contribution in [0.5, 0.6) is 0 Å². The van der Waals surface area contributed by atoms with Crippen molar-refractivity contribution in [2.45, 2.75) is 143 Å². The molecule has 0 saturated carbocycles. The number of benzene rings is 1. The van der Waals surface area contributed by atoms with Gasteiger partial charge in [-0.15, -0.1) is 11.3 Å². The normalized spacial score (nSPS) is 16.9. The SMILES string of the molecule is Cc1ncsc1-c1ccc(CNC(=O)[C@@H]2C[C@@H](O)CN2C(=O)[C@@H](NC(=O)CCCCCCCCCCNC(=O)OC(C)(C)C)C(C)(C)C)cc1. The van der Waals surface area contributed by atoms with Crippen LogP contribution in [0.2, 0.25) is 0 Å². The van der Waals surface area contributed by atoms with Gasteiger partial charge in [0.25, 0.3) is 0 Å². The number of nitrogens with zero attached hydrogens (tertiary/aromatic N) is 2. The maximum absolute atomic E-state index is 13.9. The van der Waals surface area contributed by atoms with Gasteiger partial charge < -0.3 is 30.7 Å². The first-order valence-electron chi connectivity index (χ1n) is 18.1. The Morgan fingerprint density at radius 3 is 2.14 bits per heavy atom. The van der Waals surface area contributed by atoms with Crippen LogP contribution in [0.25, 0.3) is 10.4 Å². The molecule has 12 heteroatoms. The summed E-state index contributed by atoms with van der Waals surface area (Å²) in [6.07, 6.45) is 7.21. The highest BCUT2D eigenvalue weighted by Gasteiger charge is 2.44. The van der Waals surface area contributed by atoms with E-state index >= 15 is 0 Å². The standard InChI is InChI=1S/C38H59N5O6S/c1-26-32(50-25-41-26)28-19-17-27(18-20-28)23-40-34(46)30-22-29(44)24-43(30)35(47)33(37(2,3)4)42-31(45)16-14-12-10-8-9-11-13-15-21-39-36(48)49-38(5,6)7/h17-20,25,29-30,33,44H,8-16,21-24H2,1-7H3,(H,39,48)(H,40,46)(H,42,45)/t29-,30+,33-/m1/s1. The predicted molar refractivity (Wildman–Crippen MR) is 197 cm³/mol. The van der Waals surface area contributed by atoms with Crippen molar-refractivity contribution in [1.82, 2.24) is 25.8 Å². The van der Waals surface area contributed by atoms with Crippen LogP contribution in [0.3, 0.4) is 0 Å². The van der Waals surface area contributed by atoms with Gasteiger partial charge in [0, 0.05) is 32.5 Å². The van der Waals surface area contributed by atoms with Crippen molar-refractivity contribution >= 4 is 35.2 Å². The van der Waals surface area contributed by atoms with E-state index in [9.17, 15) is 24.3 Å². The molecule has 2 heterocycles. The van der Waals surface area contributed by atoms with Crippen molar-refractivity contribution in [3.8, 4) is 10.4 Å². The lowest BCUT2D eigenvalue weighted by atomic mass is 9.85. The third-order valence-corrected chi connectivity index (χ3v) is 9.69. The number of hydrogen-bond donors (Lipinski definition) is 4. The van der Waals surface area contributed by atoms with E-state index in [0.29, 0.717) is 19.5 Å². The van der Waals surface area contributed by atoms with Crippen molar-refractivity contribution in [2.24, 2.45) is 5.41 Å². The van der Waals surface area contributed by atoms with Gasteiger partial charge in [0.1, 0.15) is 17.7 Å². The Morgan fingerprint density at radius 2 is 1.56 bits per heavy atom. The number of amides is 4. The van der Waals surface area contributed by atoms with E-state index in [1.54, 1.807) is 11.3 Å². The summed E-state index contributed by atoms with van der Waals surface area (Å²) in [7, 11) is 0. The first-order chi connectivity index (χ1) is 23.5. The number of carbonyl (C=O) groups excluding carboxylic acids is 4. The second kappa shape index (κ2) is 19.2. The zero-order valence-corrected chi connectivity index (χ0v) is 31.9. The number of aliphatic hydroxyl groups is 1. The van der Waals surface area contributed by atoms with E-state index in [1.807, 2.05) is 78.2 Å². The van der Waals surface area contributed by atoms with Crippen LogP contribution >= 0.6 is 11.3 Å². The maximum Gasteiger partial charge on any atom is 0.407 e. The highest BCUT2D eigenvalue weighted by molar-refractivity contribution is 7.13. The number of ether oxygens (including phenoxy) is 1.